The summed E-state index contributed by atoms with van der Waals surface area (Å²) in [6.45, 7) is 8.50. The fourth-order valence-electron chi connectivity index (χ4n) is 0.837. The van der Waals surface area contributed by atoms with Gasteiger partial charge >= 0.3 is 0 Å². The lowest BCUT2D eigenvalue weighted by molar-refractivity contribution is 0.807. The largest absolute Gasteiger partial charge is 0.249 e. The second-order valence-corrected chi connectivity index (χ2v) is 5.96. The molecule has 0 spiro atoms. The van der Waals surface area contributed by atoms with Crippen molar-refractivity contribution in [2.24, 2.45) is 0 Å². The molecule has 0 saturated carbocycles. The van der Waals surface area contributed by atoms with Crippen LogP contribution in [0.25, 0.3) is 0 Å². The van der Waals surface area contributed by atoms with Crippen LogP contribution in [0, 0.1) is 0 Å². The summed E-state index contributed by atoms with van der Waals surface area (Å²) in [4.78, 5) is 5.60. The van der Waals surface area contributed by atoms with Gasteiger partial charge in [-0.25, -0.2) is 4.98 Å². The summed E-state index contributed by atoms with van der Waals surface area (Å²) in [7, 11) is 0. The monoisotopic (exact) mass is 201 g/mol. The van der Waals surface area contributed by atoms with Crippen LogP contribution < -0.4 is 0 Å². The fraction of sp³-hybridized carbons (Fsp3) is 0.667. The van der Waals surface area contributed by atoms with Gasteiger partial charge in [0, 0.05) is 21.7 Å². The predicted molar refractivity (Wildman–Crippen MR) is 58.2 cm³/mol. The van der Waals surface area contributed by atoms with E-state index in [-0.39, 0.29) is 4.75 Å². The lowest BCUT2D eigenvalue weighted by atomic mass is 10.2. The van der Waals surface area contributed by atoms with E-state index in [1.807, 2.05) is 6.20 Å². The molecule has 1 heterocycles. The van der Waals surface area contributed by atoms with Crippen LogP contribution in [0.2, 0.25) is 0 Å². The topological polar surface area (TPSA) is 12.9 Å². The molecule has 0 atom stereocenters. The van der Waals surface area contributed by atoms with Crippen LogP contribution in [0.5, 0.6) is 0 Å². The molecule has 0 aliphatic carbocycles. The van der Waals surface area contributed by atoms with Crippen molar-refractivity contribution in [1.29, 1.82) is 0 Å². The van der Waals surface area contributed by atoms with Crippen molar-refractivity contribution in [3.63, 3.8) is 0 Å². The lowest BCUT2D eigenvalue weighted by Gasteiger charge is -2.13. The number of thiol groups is 1. The summed E-state index contributed by atoms with van der Waals surface area (Å²) in [6.07, 6.45) is 1.94. The van der Waals surface area contributed by atoms with Crippen molar-refractivity contribution in [2.75, 3.05) is 0 Å². The van der Waals surface area contributed by atoms with Gasteiger partial charge < -0.3 is 0 Å². The summed E-state index contributed by atoms with van der Waals surface area (Å²) in [5, 5.41) is 1.20. The van der Waals surface area contributed by atoms with Crippen molar-refractivity contribution in [3.8, 4) is 0 Å². The van der Waals surface area contributed by atoms with E-state index in [2.05, 4.69) is 45.3 Å². The molecule has 1 nitrogen and oxygen atoms in total. The third-order valence-electron chi connectivity index (χ3n) is 1.62. The van der Waals surface area contributed by atoms with Gasteiger partial charge in [0.1, 0.15) is 0 Å². The van der Waals surface area contributed by atoms with Crippen molar-refractivity contribution >= 4 is 24.0 Å². The zero-order chi connectivity index (χ0) is 9.35. The van der Waals surface area contributed by atoms with Crippen LogP contribution in [0.4, 0.5) is 0 Å². The maximum Gasteiger partial charge on any atom is 0.0953 e. The summed E-state index contributed by atoms with van der Waals surface area (Å²) >= 11 is 6.26. The highest BCUT2D eigenvalue weighted by atomic mass is 32.1. The first-order chi connectivity index (χ1) is 5.41. The molecule has 0 bridgehead atoms. The highest BCUT2D eigenvalue weighted by Crippen LogP contribution is 2.33. The Kier molecular flexibility index (Phi) is 2.84. The minimum Gasteiger partial charge on any atom is -0.249 e. The Balaban J connectivity index is 2.92. The lowest BCUT2D eigenvalue weighted by Crippen LogP contribution is -2.03. The second kappa shape index (κ2) is 3.38. The molecule has 1 aromatic heterocycles. The molecular weight excluding hydrogens is 186 g/mol. The molecule has 1 rings (SSSR count). The third-order valence-corrected chi connectivity index (χ3v) is 3.63. The average Bonchev–Trinajstić information content (AvgIpc) is 2.30. The number of rotatable bonds is 2. The van der Waals surface area contributed by atoms with Crippen molar-refractivity contribution in [3.05, 3.63) is 16.1 Å². The maximum absolute atomic E-state index is 4.50. The molecule has 0 radical (unpaired) electrons. The van der Waals surface area contributed by atoms with E-state index in [4.69, 9.17) is 0 Å². The van der Waals surface area contributed by atoms with Gasteiger partial charge in [-0.15, -0.1) is 11.3 Å². The maximum atomic E-state index is 4.50. The first kappa shape index (κ1) is 10.1. The van der Waals surface area contributed by atoms with Gasteiger partial charge in [0.25, 0.3) is 0 Å². The zero-order valence-corrected chi connectivity index (χ0v) is 9.67. The van der Waals surface area contributed by atoms with Gasteiger partial charge in [-0.1, -0.05) is 13.8 Å². The van der Waals surface area contributed by atoms with E-state index in [1.165, 1.54) is 9.88 Å². The first-order valence-corrected chi connectivity index (χ1v) is 5.36. The van der Waals surface area contributed by atoms with Crippen LogP contribution >= 0.6 is 24.0 Å². The second-order valence-electron chi connectivity index (χ2n) is 3.78. The van der Waals surface area contributed by atoms with Gasteiger partial charge in [0.2, 0.25) is 0 Å². The number of hydrogen-bond acceptors (Lipinski definition) is 3. The molecule has 1 aromatic rings. The van der Waals surface area contributed by atoms with E-state index in [1.54, 1.807) is 11.3 Å². The van der Waals surface area contributed by atoms with Gasteiger partial charge in [-0.3, -0.25) is 0 Å². The van der Waals surface area contributed by atoms with E-state index < -0.39 is 0 Å². The summed E-state index contributed by atoms with van der Waals surface area (Å²) in [5.41, 5.74) is 0. The predicted octanol–water partition coefficient (Wildman–Crippen LogP) is 3.43. The Bertz CT molecular complexity index is 258. The van der Waals surface area contributed by atoms with Crippen molar-refractivity contribution in [1.82, 2.24) is 4.98 Å². The summed E-state index contributed by atoms with van der Waals surface area (Å²) in [5.74, 6) is 0.527. The zero-order valence-electron chi connectivity index (χ0n) is 7.96. The van der Waals surface area contributed by atoms with Gasteiger partial charge in [-0.2, -0.15) is 12.6 Å². The molecule has 0 saturated heterocycles. The standard InChI is InChI=1S/C9H15NS2/c1-6(2)8-10-5-7(12-8)9(3,4)11/h5-6,11H,1-4H3. The van der Waals surface area contributed by atoms with Crippen LogP contribution in [-0.4, -0.2) is 4.98 Å². The molecule has 68 valence electrons. The molecular formula is C9H15NS2. The first-order valence-electron chi connectivity index (χ1n) is 4.10. The molecule has 0 unspecified atom stereocenters. The molecule has 0 N–H and O–H groups in total. The Morgan fingerprint density at radius 3 is 2.33 bits per heavy atom. The minimum atomic E-state index is -0.0508. The Morgan fingerprint density at radius 1 is 1.50 bits per heavy atom. The Morgan fingerprint density at radius 2 is 2.08 bits per heavy atom. The minimum absolute atomic E-state index is 0.0508. The number of aromatic nitrogens is 1. The van der Waals surface area contributed by atoms with Crippen LogP contribution in [0.3, 0.4) is 0 Å². The molecule has 0 aliphatic heterocycles. The Hall–Kier alpha value is -0.0200. The molecule has 12 heavy (non-hydrogen) atoms. The summed E-state index contributed by atoms with van der Waals surface area (Å²) in [6, 6.07) is 0. The van der Waals surface area contributed by atoms with Crippen LogP contribution in [0.1, 0.15) is 43.5 Å². The smallest absolute Gasteiger partial charge is 0.0953 e. The average molecular weight is 201 g/mol. The van der Waals surface area contributed by atoms with Crippen LogP contribution in [-0.2, 0) is 4.75 Å². The normalized spacial score (nSPS) is 12.5. The van der Waals surface area contributed by atoms with Gasteiger partial charge in [0.05, 0.1) is 5.01 Å². The van der Waals surface area contributed by atoms with E-state index in [0.29, 0.717) is 5.92 Å². The highest BCUT2D eigenvalue weighted by Gasteiger charge is 2.18. The number of hydrogen-bond donors (Lipinski definition) is 1. The molecule has 3 heteroatoms. The molecule has 0 amide bonds. The fourth-order valence-corrected chi connectivity index (χ4v) is 1.95. The van der Waals surface area contributed by atoms with E-state index in [9.17, 15) is 0 Å². The van der Waals surface area contributed by atoms with Crippen molar-refractivity contribution < 1.29 is 0 Å². The number of thiazole rings is 1. The van der Waals surface area contributed by atoms with Gasteiger partial charge in [0.15, 0.2) is 0 Å². The van der Waals surface area contributed by atoms with Gasteiger partial charge in [-0.05, 0) is 13.8 Å². The summed E-state index contributed by atoms with van der Waals surface area (Å²) < 4.78 is -0.0508. The van der Waals surface area contributed by atoms with E-state index >= 15 is 0 Å². The van der Waals surface area contributed by atoms with Crippen LogP contribution in [0.15, 0.2) is 6.20 Å². The van der Waals surface area contributed by atoms with Crippen molar-refractivity contribution in [2.45, 2.75) is 38.4 Å². The SMILES string of the molecule is CC(C)c1ncc(C(C)(C)S)s1. The molecule has 0 fully saturated rings. The quantitative estimate of drug-likeness (QED) is 0.723. The number of nitrogens with zero attached hydrogens (tertiary/aromatic N) is 1. The highest BCUT2D eigenvalue weighted by molar-refractivity contribution is 7.81. The van der Waals surface area contributed by atoms with E-state index in [0.717, 1.165) is 0 Å². The molecule has 0 aromatic carbocycles. The third kappa shape index (κ3) is 2.23. The Labute approximate surface area is 83.6 Å². The molecule has 0 aliphatic rings.